The molecule has 104 valence electrons. The number of aryl methyl sites for hydroxylation is 2. The minimum atomic E-state index is -0.268. The Bertz CT molecular complexity index is 645. The first-order valence-corrected chi connectivity index (χ1v) is 7.68. The average molecular weight is 308 g/mol. The van der Waals surface area contributed by atoms with Gasteiger partial charge in [-0.05, 0) is 43.9 Å². The molecule has 0 saturated heterocycles. The van der Waals surface area contributed by atoms with Gasteiger partial charge in [0.2, 0.25) is 0 Å². The summed E-state index contributed by atoms with van der Waals surface area (Å²) >= 11 is 7.45. The smallest absolute Gasteiger partial charge is 0.259 e. The van der Waals surface area contributed by atoms with E-state index in [4.69, 9.17) is 17.3 Å². The Hall–Kier alpha value is -1.59. The summed E-state index contributed by atoms with van der Waals surface area (Å²) in [6.07, 6.45) is 4.43. The summed E-state index contributed by atoms with van der Waals surface area (Å²) in [6, 6.07) is 4.86. The normalized spacial score (nSPS) is 13.8. The van der Waals surface area contributed by atoms with Gasteiger partial charge in [0.1, 0.15) is 0 Å². The fourth-order valence-electron chi connectivity index (χ4n) is 2.30. The molecule has 0 unspecified atom stereocenters. The van der Waals surface area contributed by atoms with E-state index in [1.165, 1.54) is 17.7 Å². The van der Waals surface area contributed by atoms with E-state index in [2.05, 4.69) is 10.3 Å². The molecule has 3 rings (SSSR count). The van der Waals surface area contributed by atoms with Crippen molar-refractivity contribution in [3.8, 4) is 0 Å². The summed E-state index contributed by atoms with van der Waals surface area (Å²) in [6.45, 7) is 0. The summed E-state index contributed by atoms with van der Waals surface area (Å²) in [5, 5.41) is 3.94. The maximum atomic E-state index is 12.2. The zero-order valence-corrected chi connectivity index (χ0v) is 12.4. The minimum Gasteiger partial charge on any atom is -0.398 e. The third kappa shape index (κ3) is 2.64. The predicted molar refractivity (Wildman–Crippen MR) is 82.6 cm³/mol. The second kappa shape index (κ2) is 5.42. The Kier molecular flexibility index (Phi) is 3.63. The van der Waals surface area contributed by atoms with Crippen molar-refractivity contribution >= 4 is 39.7 Å². The first-order chi connectivity index (χ1) is 9.63. The molecule has 0 bridgehead atoms. The Morgan fingerprint density at radius 3 is 2.95 bits per heavy atom. The van der Waals surface area contributed by atoms with Crippen molar-refractivity contribution in [1.29, 1.82) is 0 Å². The topological polar surface area (TPSA) is 68.0 Å². The fourth-order valence-corrected chi connectivity index (χ4v) is 3.51. The number of nitrogens with two attached hydrogens (primary N) is 1. The van der Waals surface area contributed by atoms with Crippen molar-refractivity contribution in [2.75, 3.05) is 11.1 Å². The van der Waals surface area contributed by atoms with Crippen molar-refractivity contribution in [1.82, 2.24) is 4.98 Å². The molecule has 1 aromatic carbocycles. The van der Waals surface area contributed by atoms with Crippen LogP contribution in [0.4, 0.5) is 10.8 Å². The average Bonchev–Trinajstić information content (AvgIpc) is 2.83. The molecule has 0 atom stereocenters. The number of thiazole rings is 1. The quantitative estimate of drug-likeness (QED) is 0.834. The molecular weight excluding hydrogens is 294 g/mol. The minimum absolute atomic E-state index is 0.268. The van der Waals surface area contributed by atoms with E-state index in [-0.39, 0.29) is 5.91 Å². The van der Waals surface area contributed by atoms with Gasteiger partial charge in [-0.1, -0.05) is 11.6 Å². The molecular formula is C14H14ClN3OS. The second-order valence-corrected chi connectivity index (χ2v) is 6.30. The lowest BCUT2D eigenvalue weighted by atomic mass is 10.0. The molecule has 1 aromatic heterocycles. The molecule has 20 heavy (non-hydrogen) atoms. The Balaban J connectivity index is 1.82. The largest absolute Gasteiger partial charge is 0.398 e. The van der Waals surface area contributed by atoms with E-state index in [0.717, 1.165) is 18.5 Å². The number of amides is 1. The van der Waals surface area contributed by atoms with Crippen molar-refractivity contribution < 1.29 is 4.79 Å². The zero-order valence-electron chi connectivity index (χ0n) is 10.8. The fraction of sp³-hybridized carbons (Fsp3) is 0.286. The van der Waals surface area contributed by atoms with Crippen LogP contribution in [0.1, 0.15) is 33.8 Å². The molecule has 6 heteroatoms. The Labute approximate surface area is 126 Å². The number of halogens is 1. The third-order valence-corrected chi connectivity index (χ3v) is 4.63. The Morgan fingerprint density at radius 1 is 1.35 bits per heavy atom. The van der Waals surface area contributed by atoms with E-state index in [0.29, 0.717) is 21.4 Å². The summed E-state index contributed by atoms with van der Waals surface area (Å²) in [5.41, 5.74) is 7.72. The molecule has 0 radical (unpaired) electrons. The maximum absolute atomic E-state index is 12.2. The van der Waals surface area contributed by atoms with Gasteiger partial charge in [0, 0.05) is 15.6 Å². The Morgan fingerprint density at radius 2 is 2.15 bits per heavy atom. The van der Waals surface area contributed by atoms with Crippen LogP contribution in [-0.4, -0.2) is 10.9 Å². The summed E-state index contributed by atoms with van der Waals surface area (Å²) in [4.78, 5) is 18.0. The number of benzene rings is 1. The van der Waals surface area contributed by atoms with Crippen LogP contribution in [0.3, 0.4) is 0 Å². The van der Waals surface area contributed by atoms with Crippen molar-refractivity contribution in [3.05, 3.63) is 39.4 Å². The first-order valence-electron chi connectivity index (χ1n) is 6.48. The van der Waals surface area contributed by atoms with Gasteiger partial charge in [0.15, 0.2) is 5.13 Å². The highest BCUT2D eigenvalue weighted by atomic mass is 35.5. The zero-order chi connectivity index (χ0) is 14.1. The third-order valence-electron chi connectivity index (χ3n) is 3.33. The van der Waals surface area contributed by atoms with Gasteiger partial charge >= 0.3 is 0 Å². The molecule has 3 N–H and O–H groups in total. The van der Waals surface area contributed by atoms with E-state index in [1.54, 1.807) is 29.5 Å². The number of hydrogen-bond acceptors (Lipinski definition) is 4. The molecule has 2 aromatic rings. The lowest BCUT2D eigenvalue weighted by Crippen LogP contribution is -2.14. The SMILES string of the molecule is Nc1ccc(Cl)cc1C(=O)Nc1nc2c(s1)CCCC2. The standard InChI is InChI=1S/C14H14ClN3OS/c15-8-5-6-10(16)9(7-8)13(19)18-14-17-11-3-1-2-4-12(11)20-14/h5-7H,1-4,16H2,(H,17,18,19). The summed E-state index contributed by atoms with van der Waals surface area (Å²) in [7, 11) is 0. The number of fused-ring (bicyclic) bond motifs is 1. The number of aromatic nitrogens is 1. The molecule has 1 aliphatic rings. The first kappa shape index (κ1) is 13.4. The van der Waals surface area contributed by atoms with E-state index in [9.17, 15) is 4.79 Å². The van der Waals surface area contributed by atoms with Crippen LogP contribution in [0.15, 0.2) is 18.2 Å². The summed E-state index contributed by atoms with van der Waals surface area (Å²) in [5.74, 6) is -0.268. The number of nitrogens with one attached hydrogen (secondary N) is 1. The van der Waals surface area contributed by atoms with Gasteiger partial charge in [-0.25, -0.2) is 4.98 Å². The lowest BCUT2D eigenvalue weighted by molar-refractivity contribution is 0.102. The number of carbonyl (C=O) groups is 1. The molecule has 1 heterocycles. The number of nitrogens with zero attached hydrogens (tertiary/aromatic N) is 1. The summed E-state index contributed by atoms with van der Waals surface area (Å²) < 4.78 is 0. The second-order valence-electron chi connectivity index (χ2n) is 4.78. The maximum Gasteiger partial charge on any atom is 0.259 e. The number of hydrogen-bond donors (Lipinski definition) is 2. The molecule has 0 spiro atoms. The van der Waals surface area contributed by atoms with Crippen molar-refractivity contribution in [2.24, 2.45) is 0 Å². The highest BCUT2D eigenvalue weighted by molar-refractivity contribution is 7.15. The van der Waals surface area contributed by atoms with Crippen LogP contribution in [0.2, 0.25) is 5.02 Å². The van der Waals surface area contributed by atoms with Gasteiger partial charge in [0.25, 0.3) is 5.91 Å². The molecule has 0 aliphatic heterocycles. The molecule has 0 fully saturated rings. The lowest BCUT2D eigenvalue weighted by Gasteiger charge is -2.06. The molecule has 0 saturated carbocycles. The van der Waals surface area contributed by atoms with Crippen LogP contribution >= 0.6 is 22.9 Å². The number of rotatable bonds is 2. The van der Waals surface area contributed by atoms with Crippen LogP contribution in [0, 0.1) is 0 Å². The monoisotopic (exact) mass is 307 g/mol. The highest BCUT2D eigenvalue weighted by Gasteiger charge is 2.17. The van der Waals surface area contributed by atoms with E-state index < -0.39 is 0 Å². The van der Waals surface area contributed by atoms with Crippen LogP contribution in [0.25, 0.3) is 0 Å². The van der Waals surface area contributed by atoms with E-state index in [1.807, 2.05) is 0 Å². The molecule has 4 nitrogen and oxygen atoms in total. The van der Waals surface area contributed by atoms with Crippen LogP contribution in [-0.2, 0) is 12.8 Å². The predicted octanol–water partition coefficient (Wildman–Crippen LogP) is 3.51. The number of anilines is 2. The van der Waals surface area contributed by atoms with Gasteiger partial charge in [-0.2, -0.15) is 0 Å². The number of nitrogen functional groups attached to an aromatic ring is 1. The van der Waals surface area contributed by atoms with Crippen molar-refractivity contribution in [3.63, 3.8) is 0 Å². The van der Waals surface area contributed by atoms with Gasteiger partial charge in [-0.15, -0.1) is 11.3 Å². The van der Waals surface area contributed by atoms with Crippen molar-refractivity contribution in [2.45, 2.75) is 25.7 Å². The van der Waals surface area contributed by atoms with Crippen LogP contribution < -0.4 is 11.1 Å². The molecule has 1 amide bonds. The van der Waals surface area contributed by atoms with Gasteiger partial charge in [0.05, 0.1) is 11.3 Å². The van der Waals surface area contributed by atoms with Gasteiger partial charge < -0.3 is 5.73 Å². The van der Waals surface area contributed by atoms with Gasteiger partial charge in [-0.3, -0.25) is 10.1 Å². The highest BCUT2D eigenvalue weighted by Crippen LogP contribution is 2.30. The number of carbonyl (C=O) groups excluding carboxylic acids is 1. The molecule has 1 aliphatic carbocycles. The van der Waals surface area contributed by atoms with Crippen LogP contribution in [0.5, 0.6) is 0 Å². The van der Waals surface area contributed by atoms with E-state index >= 15 is 0 Å².